The Morgan fingerprint density at radius 1 is 1.32 bits per heavy atom. The number of nitrogens with two attached hydrogens (primary N) is 1. The summed E-state index contributed by atoms with van der Waals surface area (Å²) in [6.07, 6.45) is -2.56. The predicted octanol–water partition coefficient (Wildman–Crippen LogP) is 2.29. The van der Waals surface area contributed by atoms with Crippen LogP contribution in [-0.4, -0.2) is 31.2 Å². The number of hydrogen-bond donors (Lipinski definition) is 2. The van der Waals surface area contributed by atoms with Crippen molar-refractivity contribution in [2.24, 2.45) is 5.73 Å². The minimum absolute atomic E-state index is 0.0531. The van der Waals surface area contributed by atoms with Gasteiger partial charge in [0.2, 0.25) is 0 Å². The molecule has 0 atom stereocenters. The van der Waals surface area contributed by atoms with Crippen LogP contribution in [0.4, 0.5) is 23.2 Å². The third-order valence-electron chi connectivity index (χ3n) is 2.15. The standard InChI is InChI=1S/C11H12F4N2OS/c12-8(13)5-18-4-3-17-7-2-1-6(11(16)19)9(14)10(7)15/h1-2,8,17H,3-5H2,(H2,16,19). The first-order valence-electron chi connectivity index (χ1n) is 5.31. The molecule has 0 bridgehead atoms. The van der Waals surface area contributed by atoms with Crippen LogP contribution >= 0.6 is 12.2 Å². The summed E-state index contributed by atoms with van der Waals surface area (Å²) in [6.45, 7) is -0.684. The number of hydrogen-bond acceptors (Lipinski definition) is 3. The van der Waals surface area contributed by atoms with Gasteiger partial charge in [-0.3, -0.25) is 0 Å². The fourth-order valence-electron chi connectivity index (χ4n) is 1.31. The summed E-state index contributed by atoms with van der Waals surface area (Å²) in [6, 6.07) is 2.50. The number of halogens is 4. The Labute approximate surface area is 112 Å². The van der Waals surface area contributed by atoms with E-state index in [0.29, 0.717) is 0 Å². The van der Waals surface area contributed by atoms with Crippen LogP contribution < -0.4 is 11.1 Å². The summed E-state index contributed by atoms with van der Waals surface area (Å²) in [5.74, 6) is -2.27. The molecule has 0 saturated carbocycles. The molecular weight excluding hydrogens is 284 g/mol. The van der Waals surface area contributed by atoms with E-state index in [9.17, 15) is 17.6 Å². The molecule has 0 aliphatic heterocycles. The molecule has 0 aliphatic carbocycles. The molecule has 106 valence electrons. The van der Waals surface area contributed by atoms with Crippen molar-refractivity contribution in [3.05, 3.63) is 29.3 Å². The Kier molecular flexibility index (Phi) is 5.97. The fraction of sp³-hybridized carbons (Fsp3) is 0.364. The van der Waals surface area contributed by atoms with Crippen LogP contribution in [-0.2, 0) is 4.74 Å². The molecule has 3 nitrogen and oxygen atoms in total. The van der Waals surface area contributed by atoms with E-state index in [2.05, 4.69) is 22.3 Å². The molecule has 0 aliphatic rings. The van der Waals surface area contributed by atoms with Gasteiger partial charge in [-0.25, -0.2) is 17.6 Å². The molecule has 0 radical (unpaired) electrons. The highest BCUT2D eigenvalue weighted by molar-refractivity contribution is 7.80. The van der Waals surface area contributed by atoms with E-state index in [1.54, 1.807) is 0 Å². The lowest BCUT2D eigenvalue weighted by atomic mass is 10.2. The largest absolute Gasteiger partial charge is 0.389 e. The highest BCUT2D eigenvalue weighted by atomic mass is 32.1. The maximum absolute atomic E-state index is 13.5. The average molecular weight is 296 g/mol. The SMILES string of the molecule is NC(=S)c1ccc(NCCOCC(F)F)c(F)c1F. The molecule has 1 aromatic rings. The number of thiocarbonyl (C=S) groups is 1. The number of rotatable bonds is 7. The zero-order valence-electron chi connectivity index (χ0n) is 9.76. The molecule has 1 aromatic carbocycles. The summed E-state index contributed by atoms with van der Waals surface area (Å²) in [5, 5.41) is 2.52. The van der Waals surface area contributed by atoms with Gasteiger partial charge in [0.05, 0.1) is 12.3 Å². The normalized spacial score (nSPS) is 10.8. The average Bonchev–Trinajstić information content (AvgIpc) is 2.33. The molecule has 0 amide bonds. The topological polar surface area (TPSA) is 47.3 Å². The summed E-state index contributed by atoms with van der Waals surface area (Å²) >= 11 is 4.56. The van der Waals surface area contributed by atoms with Crippen molar-refractivity contribution in [2.75, 3.05) is 25.1 Å². The van der Waals surface area contributed by atoms with Crippen LogP contribution in [0.3, 0.4) is 0 Å². The van der Waals surface area contributed by atoms with Crippen molar-refractivity contribution >= 4 is 22.9 Å². The Morgan fingerprint density at radius 3 is 2.58 bits per heavy atom. The van der Waals surface area contributed by atoms with Crippen molar-refractivity contribution < 1.29 is 22.3 Å². The van der Waals surface area contributed by atoms with Crippen LogP contribution in [0, 0.1) is 11.6 Å². The van der Waals surface area contributed by atoms with E-state index in [1.165, 1.54) is 12.1 Å². The lowest BCUT2D eigenvalue weighted by molar-refractivity contribution is 0.0215. The van der Waals surface area contributed by atoms with Crippen molar-refractivity contribution in [1.82, 2.24) is 0 Å². The van der Waals surface area contributed by atoms with Crippen LogP contribution in [0.25, 0.3) is 0 Å². The van der Waals surface area contributed by atoms with Gasteiger partial charge in [-0.15, -0.1) is 0 Å². The molecule has 0 heterocycles. The van der Waals surface area contributed by atoms with Gasteiger partial charge >= 0.3 is 0 Å². The molecule has 8 heteroatoms. The van der Waals surface area contributed by atoms with Gasteiger partial charge < -0.3 is 15.8 Å². The minimum Gasteiger partial charge on any atom is -0.389 e. The number of anilines is 1. The highest BCUT2D eigenvalue weighted by Crippen LogP contribution is 2.20. The van der Waals surface area contributed by atoms with Crippen molar-refractivity contribution in [3.63, 3.8) is 0 Å². The molecule has 0 unspecified atom stereocenters. The van der Waals surface area contributed by atoms with E-state index in [4.69, 9.17) is 5.73 Å². The molecule has 3 N–H and O–H groups in total. The summed E-state index contributed by atoms with van der Waals surface area (Å²) in [5.41, 5.74) is 4.91. The molecule has 0 fully saturated rings. The second-order valence-corrected chi connectivity index (χ2v) is 3.99. The Bertz CT molecular complexity index is 457. The molecule has 0 aromatic heterocycles. The summed E-state index contributed by atoms with van der Waals surface area (Å²) < 4.78 is 55.1. The third kappa shape index (κ3) is 4.64. The minimum atomic E-state index is -2.56. The van der Waals surface area contributed by atoms with E-state index in [-0.39, 0.29) is 29.4 Å². The first-order valence-corrected chi connectivity index (χ1v) is 5.72. The quantitative estimate of drug-likeness (QED) is 0.460. The highest BCUT2D eigenvalue weighted by Gasteiger charge is 2.14. The van der Waals surface area contributed by atoms with Crippen molar-refractivity contribution in [2.45, 2.75) is 6.43 Å². The van der Waals surface area contributed by atoms with E-state index in [1.807, 2.05) is 0 Å². The first kappa shape index (κ1) is 15.6. The maximum Gasteiger partial charge on any atom is 0.261 e. The van der Waals surface area contributed by atoms with Gasteiger partial charge in [0.25, 0.3) is 6.43 Å². The van der Waals surface area contributed by atoms with Gasteiger partial charge in [0, 0.05) is 12.1 Å². The smallest absolute Gasteiger partial charge is 0.261 e. The maximum atomic E-state index is 13.5. The van der Waals surface area contributed by atoms with Gasteiger partial charge in [-0.1, -0.05) is 12.2 Å². The first-order chi connectivity index (χ1) is 8.93. The molecule has 1 rings (SSSR count). The van der Waals surface area contributed by atoms with Crippen LogP contribution in [0.5, 0.6) is 0 Å². The molecule has 0 spiro atoms. The second kappa shape index (κ2) is 7.25. The Balaban J connectivity index is 2.56. The Hall–Kier alpha value is -1.41. The summed E-state index contributed by atoms with van der Waals surface area (Å²) in [7, 11) is 0. The van der Waals surface area contributed by atoms with Crippen molar-refractivity contribution in [1.29, 1.82) is 0 Å². The van der Waals surface area contributed by atoms with E-state index in [0.717, 1.165) is 0 Å². The zero-order valence-corrected chi connectivity index (χ0v) is 10.6. The summed E-state index contributed by atoms with van der Waals surface area (Å²) in [4.78, 5) is -0.247. The number of nitrogens with one attached hydrogen (secondary N) is 1. The lowest BCUT2D eigenvalue weighted by Gasteiger charge is -2.10. The van der Waals surface area contributed by atoms with Gasteiger partial charge in [0.15, 0.2) is 11.6 Å². The fourth-order valence-corrected chi connectivity index (χ4v) is 1.46. The monoisotopic (exact) mass is 296 g/mol. The second-order valence-electron chi connectivity index (χ2n) is 3.55. The van der Waals surface area contributed by atoms with Gasteiger partial charge in [-0.05, 0) is 12.1 Å². The zero-order chi connectivity index (χ0) is 14.4. The molecule has 19 heavy (non-hydrogen) atoms. The predicted molar refractivity (Wildman–Crippen MR) is 67.6 cm³/mol. The molecular formula is C11H12F4N2OS. The van der Waals surface area contributed by atoms with Crippen LogP contribution in [0.2, 0.25) is 0 Å². The number of benzene rings is 1. The molecule has 0 saturated heterocycles. The lowest BCUT2D eigenvalue weighted by Crippen LogP contribution is -2.16. The van der Waals surface area contributed by atoms with E-state index < -0.39 is 24.7 Å². The third-order valence-corrected chi connectivity index (χ3v) is 2.37. The van der Waals surface area contributed by atoms with Crippen LogP contribution in [0.1, 0.15) is 5.56 Å². The van der Waals surface area contributed by atoms with Crippen molar-refractivity contribution in [3.8, 4) is 0 Å². The van der Waals surface area contributed by atoms with Gasteiger partial charge in [0.1, 0.15) is 11.6 Å². The van der Waals surface area contributed by atoms with E-state index >= 15 is 0 Å². The number of alkyl halides is 2. The van der Waals surface area contributed by atoms with Gasteiger partial charge in [-0.2, -0.15) is 0 Å². The Morgan fingerprint density at radius 2 is 2.00 bits per heavy atom. The number of ether oxygens (including phenoxy) is 1. The van der Waals surface area contributed by atoms with Crippen LogP contribution in [0.15, 0.2) is 12.1 Å².